The van der Waals surface area contributed by atoms with Gasteiger partial charge >= 0.3 is 6.18 Å². The summed E-state index contributed by atoms with van der Waals surface area (Å²) in [6.45, 7) is 0. The van der Waals surface area contributed by atoms with E-state index in [4.69, 9.17) is 0 Å². The van der Waals surface area contributed by atoms with Crippen molar-refractivity contribution in [1.82, 2.24) is 20.2 Å². The van der Waals surface area contributed by atoms with E-state index in [-0.39, 0.29) is 0 Å². The van der Waals surface area contributed by atoms with Crippen LogP contribution in [0.2, 0.25) is 0 Å². The van der Waals surface area contributed by atoms with Gasteiger partial charge in [0.15, 0.2) is 0 Å². The molecule has 24 heavy (non-hydrogen) atoms. The molecule has 0 amide bonds. The molecule has 3 aromatic rings. The lowest BCUT2D eigenvalue weighted by atomic mass is 9.98. The van der Waals surface area contributed by atoms with Gasteiger partial charge in [-0.3, -0.25) is 0 Å². The molecule has 0 atom stereocenters. The molecule has 1 aromatic heterocycles. The minimum atomic E-state index is -4.36. The smallest absolute Gasteiger partial charge is 0.167 e. The Morgan fingerprint density at radius 2 is 1.92 bits per heavy atom. The Morgan fingerprint density at radius 3 is 2.58 bits per heavy atom. The van der Waals surface area contributed by atoms with Crippen molar-refractivity contribution >= 4 is 15.9 Å². The van der Waals surface area contributed by atoms with Gasteiger partial charge in [-0.15, -0.1) is 10.2 Å². The lowest BCUT2D eigenvalue weighted by molar-refractivity contribution is -0.137. The Labute approximate surface area is 144 Å². The van der Waals surface area contributed by atoms with Gasteiger partial charge in [0.25, 0.3) is 0 Å². The summed E-state index contributed by atoms with van der Waals surface area (Å²) in [5.41, 5.74) is 1.47. The van der Waals surface area contributed by atoms with E-state index in [2.05, 4.69) is 31.3 Å². The molecule has 0 aliphatic heterocycles. The van der Waals surface area contributed by atoms with Crippen LogP contribution in [0.5, 0.6) is 0 Å². The van der Waals surface area contributed by atoms with Gasteiger partial charge in [0.1, 0.15) is 0 Å². The standard InChI is InChI=1S/C16H12BrF3N4/c1-24-22-15(21-23-24)14-9-13(17)6-5-11(14)7-10-3-2-4-12(8-10)16(18,19)20/h2-6,8-9H,7H2,1H3. The van der Waals surface area contributed by atoms with E-state index < -0.39 is 11.7 Å². The van der Waals surface area contributed by atoms with Crippen LogP contribution in [-0.2, 0) is 19.6 Å². The first-order valence-corrected chi connectivity index (χ1v) is 7.81. The number of benzene rings is 2. The number of nitrogens with zero attached hydrogens (tertiary/aromatic N) is 4. The fourth-order valence-corrected chi connectivity index (χ4v) is 2.74. The molecule has 0 unspecified atom stereocenters. The van der Waals surface area contributed by atoms with Crippen LogP contribution in [0.1, 0.15) is 16.7 Å². The molecular weight excluding hydrogens is 385 g/mol. The van der Waals surface area contributed by atoms with Gasteiger partial charge in [-0.2, -0.15) is 18.0 Å². The number of hydrogen-bond acceptors (Lipinski definition) is 3. The molecule has 8 heteroatoms. The largest absolute Gasteiger partial charge is 0.416 e. The fourth-order valence-electron chi connectivity index (χ4n) is 2.38. The Kier molecular flexibility index (Phi) is 4.40. The van der Waals surface area contributed by atoms with Crippen molar-refractivity contribution in [3.05, 3.63) is 63.6 Å². The maximum Gasteiger partial charge on any atom is 0.416 e. The highest BCUT2D eigenvalue weighted by Crippen LogP contribution is 2.31. The van der Waals surface area contributed by atoms with Crippen LogP contribution in [-0.4, -0.2) is 20.2 Å². The molecule has 4 nitrogen and oxygen atoms in total. The number of rotatable bonds is 3. The van der Waals surface area contributed by atoms with Crippen LogP contribution >= 0.6 is 15.9 Å². The summed E-state index contributed by atoms with van der Waals surface area (Å²) < 4.78 is 39.4. The Morgan fingerprint density at radius 1 is 1.12 bits per heavy atom. The normalized spacial score (nSPS) is 11.7. The maximum absolute atomic E-state index is 12.9. The van der Waals surface area contributed by atoms with Gasteiger partial charge in [0.05, 0.1) is 12.6 Å². The average molecular weight is 397 g/mol. The van der Waals surface area contributed by atoms with Crippen molar-refractivity contribution in [2.24, 2.45) is 7.05 Å². The molecular formula is C16H12BrF3N4. The summed E-state index contributed by atoms with van der Waals surface area (Å²) in [5.74, 6) is 0.431. The summed E-state index contributed by atoms with van der Waals surface area (Å²) in [4.78, 5) is 1.34. The van der Waals surface area contributed by atoms with Crippen molar-refractivity contribution in [3.63, 3.8) is 0 Å². The zero-order valence-electron chi connectivity index (χ0n) is 12.5. The van der Waals surface area contributed by atoms with Crippen molar-refractivity contribution in [3.8, 4) is 11.4 Å². The average Bonchev–Trinajstić information content (AvgIpc) is 2.95. The van der Waals surface area contributed by atoms with Crippen molar-refractivity contribution in [2.75, 3.05) is 0 Å². The first-order valence-electron chi connectivity index (χ1n) is 7.02. The quantitative estimate of drug-likeness (QED) is 0.664. The second-order valence-electron chi connectivity index (χ2n) is 5.28. The van der Waals surface area contributed by atoms with E-state index >= 15 is 0 Å². The molecule has 0 N–H and O–H groups in total. The molecule has 0 radical (unpaired) electrons. The molecule has 0 fully saturated rings. The number of hydrogen-bond donors (Lipinski definition) is 0. The predicted octanol–water partition coefficient (Wildman–Crippen LogP) is 4.25. The maximum atomic E-state index is 12.9. The van der Waals surface area contributed by atoms with Gasteiger partial charge in [-0.25, -0.2) is 0 Å². The second-order valence-corrected chi connectivity index (χ2v) is 6.19. The van der Waals surface area contributed by atoms with E-state index in [0.29, 0.717) is 17.8 Å². The molecule has 0 aliphatic carbocycles. The van der Waals surface area contributed by atoms with Gasteiger partial charge in [-0.05, 0) is 41.0 Å². The lowest BCUT2D eigenvalue weighted by Gasteiger charge is -2.11. The first-order chi connectivity index (χ1) is 11.3. The number of halogens is 4. The summed E-state index contributed by atoms with van der Waals surface area (Å²) in [6.07, 6.45) is -4.02. The Balaban J connectivity index is 1.99. The third-order valence-corrected chi connectivity index (χ3v) is 3.96. The van der Waals surface area contributed by atoms with E-state index in [0.717, 1.165) is 27.7 Å². The summed E-state index contributed by atoms with van der Waals surface area (Å²) >= 11 is 3.39. The molecule has 0 aliphatic rings. The lowest BCUT2D eigenvalue weighted by Crippen LogP contribution is -2.05. The number of aryl methyl sites for hydroxylation is 1. The zero-order chi connectivity index (χ0) is 17.3. The minimum Gasteiger partial charge on any atom is -0.167 e. The molecule has 0 saturated heterocycles. The molecule has 1 heterocycles. The molecule has 3 rings (SSSR count). The highest BCUT2D eigenvalue weighted by Gasteiger charge is 2.30. The van der Waals surface area contributed by atoms with Crippen LogP contribution in [0.15, 0.2) is 46.9 Å². The molecule has 0 bridgehead atoms. The highest BCUT2D eigenvalue weighted by atomic mass is 79.9. The third kappa shape index (κ3) is 3.64. The molecule has 0 saturated carbocycles. The topological polar surface area (TPSA) is 43.6 Å². The highest BCUT2D eigenvalue weighted by molar-refractivity contribution is 9.10. The van der Waals surface area contributed by atoms with E-state index in [1.54, 1.807) is 13.1 Å². The second kappa shape index (κ2) is 6.35. The van der Waals surface area contributed by atoms with Crippen molar-refractivity contribution in [1.29, 1.82) is 0 Å². The monoisotopic (exact) mass is 396 g/mol. The van der Waals surface area contributed by atoms with Gasteiger partial charge < -0.3 is 0 Å². The first kappa shape index (κ1) is 16.6. The van der Waals surface area contributed by atoms with Crippen LogP contribution in [0.3, 0.4) is 0 Å². The van der Waals surface area contributed by atoms with E-state index in [9.17, 15) is 13.2 Å². The van der Waals surface area contributed by atoms with Gasteiger partial charge in [0, 0.05) is 10.0 Å². The van der Waals surface area contributed by atoms with Crippen LogP contribution < -0.4 is 0 Å². The molecule has 2 aromatic carbocycles. The Bertz CT molecular complexity index is 874. The number of alkyl halides is 3. The zero-order valence-corrected chi connectivity index (χ0v) is 14.1. The summed E-state index contributed by atoms with van der Waals surface area (Å²) in [5, 5.41) is 12.0. The van der Waals surface area contributed by atoms with E-state index in [1.807, 2.05) is 18.2 Å². The summed E-state index contributed by atoms with van der Waals surface area (Å²) in [6, 6.07) is 10.8. The van der Waals surface area contributed by atoms with Crippen LogP contribution in [0.25, 0.3) is 11.4 Å². The van der Waals surface area contributed by atoms with Gasteiger partial charge in [0.2, 0.25) is 5.82 Å². The van der Waals surface area contributed by atoms with Crippen LogP contribution in [0, 0.1) is 0 Å². The molecule has 0 spiro atoms. The van der Waals surface area contributed by atoms with Crippen molar-refractivity contribution in [2.45, 2.75) is 12.6 Å². The number of tetrazole rings is 1. The van der Waals surface area contributed by atoms with Crippen LogP contribution in [0.4, 0.5) is 13.2 Å². The minimum absolute atomic E-state index is 0.338. The molecule has 124 valence electrons. The third-order valence-electron chi connectivity index (χ3n) is 3.47. The summed E-state index contributed by atoms with van der Waals surface area (Å²) in [7, 11) is 1.65. The van der Waals surface area contributed by atoms with Crippen molar-refractivity contribution < 1.29 is 13.2 Å². The fraction of sp³-hybridized carbons (Fsp3) is 0.188. The Hall–Kier alpha value is -2.22. The van der Waals surface area contributed by atoms with E-state index in [1.165, 1.54) is 10.9 Å². The predicted molar refractivity (Wildman–Crippen MR) is 86.2 cm³/mol. The van der Waals surface area contributed by atoms with Gasteiger partial charge in [-0.1, -0.05) is 40.2 Å². The number of aromatic nitrogens is 4. The SMILES string of the molecule is Cn1nnc(-c2cc(Br)ccc2Cc2cccc(C(F)(F)F)c2)n1.